The fourth-order valence-corrected chi connectivity index (χ4v) is 3.76. The van der Waals surface area contributed by atoms with Gasteiger partial charge in [-0.1, -0.05) is 12.1 Å². The summed E-state index contributed by atoms with van der Waals surface area (Å²) in [6, 6.07) is 6.88. The van der Waals surface area contributed by atoms with E-state index in [2.05, 4.69) is 15.0 Å². The molecule has 0 fully saturated rings. The third kappa shape index (κ3) is 3.36. The van der Waals surface area contributed by atoms with Gasteiger partial charge in [0.2, 0.25) is 10.0 Å². The molecular weight excluding hydrogens is 294 g/mol. The minimum absolute atomic E-state index is 0.263. The van der Waals surface area contributed by atoms with Crippen LogP contribution in [0.2, 0.25) is 0 Å². The number of aryl methyl sites for hydroxylation is 1. The fourth-order valence-electron chi connectivity index (χ4n) is 1.77. The molecule has 20 heavy (non-hydrogen) atoms. The number of hydrogen-bond acceptors (Lipinski definition) is 5. The Balaban J connectivity index is 2.20. The zero-order valence-corrected chi connectivity index (χ0v) is 13.0. The van der Waals surface area contributed by atoms with Crippen LogP contribution in [0.4, 0.5) is 5.69 Å². The van der Waals surface area contributed by atoms with Gasteiger partial charge in [-0.25, -0.2) is 18.1 Å². The van der Waals surface area contributed by atoms with Gasteiger partial charge in [-0.2, -0.15) is 0 Å². The maximum atomic E-state index is 12.4. The summed E-state index contributed by atoms with van der Waals surface area (Å²) in [5, 5.41) is 3.06. The Hall–Kier alpha value is -1.44. The van der Waals surface area contributed by atoms with Gasteiger partial charge in [-0.15, -0.1) is 11.3 Å². The molecule has 0 saturated heterocycles. The van der Waals surface area contributed by atoms with E-state index in [1.165, 1.54) is 11.3 Å². The summed E-state index contributed by atoms with van der Waals surface area (Å²) < 4.78 is 27.4. The predicted molar refractivity (Wildman–Crippen MR) is 81.5 cm³/mol. The molecule has 0 unspecified atom stereocenters. The molecule has 0 atom stereocenters. The van der Waals surface area contributed by atoms with Gasteiger partial charge in [0.15, 0.2) is 0 Å². The second kappa shape index (κ2) is 6.34. The fraction of sp³-hybridized carbons (Fsp3) is 0.308. The van der Waals surface area contributed by atoms with Crippen molar-refractivity contribution in [2.45, 2.75) is 25.3 Å². The van der Waals surface area contributed by atoms with E-state index in [1.54, 1.807) is 23.7 Å². The third-order valence-electron chi connectivity index (χ3n) is 2.81. The highest BCUT2D eigenvalue weighted by atomic mass is 32.2. The van der Waals surface area contributed by atoms with Gasteiger partial charge >= 0.3 is 0 Å². The second-order valence-electron chi connectivity index (χ2n) is 4.21. The highest BCUT2D eigenvalue weighted by Crippen LogP contribution is 2.21. The Bertz CT molecular complexity index is 680. The standard InChI is InChI=1S/C13H17N3O2S2/c1-3-14-11-6-4-5-7-13(11)20(17,18)16-8-12-10(2)15-9-19-12/h4-7,9,14,16H,3,8H2,1-2H3. The van der Waals surface area contributed by atoms with Crippen LogP contribution in [0.3, 0.4) is 0 Å². The van der Waals surface area contributed by atoms with Gasteiger partial charge in [0.05, 0.1) is 16.9 Å². The van der Waals surface area contributed by atoms with Crippen molar-refractivity contribution in [2.75, 3.05) is 11.9 Å². The molecule has 0 aliphatic carbocycles. The molecule has 1 aromatic heterocycles. The van der Waals surface area contributed by atoms with E-state index < -0.39 is 10.0 Å². The highest BCUT2D eigenvalue weighted by molar-refractivity contribution is 7.89. The van der Waals surface area contributed by atoms with Crippen molar-refractivity contribution < 1.29 is 8.42 Å². The zero-order chi connectivity index (χ0) is 14.6. The minimum Gasteiger partial charge on any atom is -0.384 e. The molecule has 5 nitrogen and oxygen atoms in total. The summed E-state index contributed by atoms with van der Waals surface area (Å²) in [6.45, 7) is 4.73. The molecule has 1 heterocycles. The van der Waals surface area contributed by atoms with E-state index in [4.69, 9.17) is 0 Å². The number of benzene rings is 1. The molecule has 7 heteroatoms. The van der Waals surface area contributed by atoms with E-state index in [1.807, 2.05) is 19.9 Å². The summed E-state index contributed by atoms with van der Waals surface area (Å²) in [7, 11) is -3.54. The molecule has 0 radical (unpaired) electrons. The van der Waals surface area contributed by atoms with Crippen molar-refractivity contribution in [2.24, 2.45) is 0 Å². The summed E-state index contributed by atoms with van der Waals surface area (Å²) in [4.78, 5) is 5.30. The molecule has 2 N–H and O–H groups in total. The predicted octanol–water partition coefficient (Wildman–Crippen LogP) is 2.36. The number of nitrogens with zero attached hydrogens (tertiary/aromatic N) is 1. The first-order valence-electron chi connectivity index (χ1n) is 6.26. The van der Waals surface area contributed by atoms with Crippen LogP contribution in [0.15, 0.2) is 34.7 Å². The Morgan fingerprint density at radius 2 is 2.05 bits per heavy atom. The first kappa shape index (κ1) is 15.0. The monoisotopic (exact) mass is 311 g/mol. The lowest BCUT2D eigenvalue weighted by Gasteiger charge is -2.11. The quantitative estimate of drug-likeness (QED) is 0.859. The van der Waals surface area contributed by atoms with Crippen molar-refractivity contribution >= 4 is 27.0 Å². The minimum atomic E-state index is -3.54. The number of nitrogens with one attached hydrogen (secondary N) is 2. The summed E-state index contributed by atoms with van der Waals surface area (Å²) in [5.74, 6) is 0. The molecule has 2 aromatic rings. The zero-order valence-electron chi connectivity index (χ0n) is 11.4. The lowest BCUT2D eigenvalue weighted by Crippen LogP contribution is -2.24. The first-order chi connectivity index (χ1) is 9.54. The number of rotatable bonds is 6. The van der Waals surface area contributed by atoms with Gasteiger partial charge in [0.25, 0.3) is 0 Å². The van der Waals surface area contributed by atoms with Crippen LogP contribution < -0.4 is 10.0 Å². The molecule has 0 amide bonds. The van der Waals surface area contributed by atoms with Crippen LogP contribution in [0.5, 0.6) is 0 Å². The van der Waals surface area contributed by atoms with Crippen LogP contribution in [0.1, 0.15) is 17.5 Å². The van der Waals surface area contributed by atoms with Crippen LogP contribution in [0, 0.1) is 6.92 Å². The Morgan fingerprint density at radius 1 is 1.30 bits per heavy atom. The van der Waals surface area contributed by atoms with Gasteiger partial charge in [0, 0.05) is 18.0 Å². The molecule has 0 aliphatic rings. The first-order valence-corrected chi connectivity index (χ1v) is 8.62. The molecular formula is C13H17N3O2S2. The normalized spacial score (nSPS) is 11.5. The van der Waals surface area contributed by atoms with Crippen molar-refractivity contribution in [1.82, 2.24) is 9.71 Å². The van der Waals surface area contributed by atoms with E-state index in [9.17, 15) is 8.42 Å². The van der Waals surface area contributed by atoms with Gasteiger partial charge in [-0.05, 0) is 26.0 Å². The Morgan fingerprint density at radius 3 is 2.70 bits per heavy atom. The van der Waals surface area contributed by atoms with Crippen LogP contribution in [-0.4, -0.2) is 19.9 Å². The average molecular weight is 311 g/mol. The maximum Gasteiger partial charge on any atom is 0.242 e. The number of para-hydroxylation sites is 1. The summed E-state index contributed by atoms with van der Waals surface area (Å²) >= 11 is 1.45. The number of hydrogen-bond donors (Lipinski definition) is 2. The maximum absolute atomic E-state index is 12.4. The second-order valence-corrected chi connectivity index (χ2v) is 6.89. The van der Waals surface area contributed by atoms with Crippen molar-refractivity contribution in [3.8, 4) is 0 Å². The molecule has 0 spiro atoms. The highest BCUT2D eigenvalue weighted by Gasteiger charge is 2.18. The van der Waals surface area contributed by atoms with Crippen LogP contribution >= 0.6 is 11.3 Å². The van der Waals surface area contributed by atoms with Crippen LogP contribution in [-0.2, 0) is 16.6 Å². The average Bonchev–Trinajstić information content (AvgIpc) is 2.83. The van der Waals surface area contributed by atoms with Crippen molar-refractivity contribution in [1.29, 1.82) is 0 Å². The lowest BCUT2D eigenvalue weighted by molar-refractivity contribution is 0.582. The number of sulfonamides is 1. The topological polar surface area (TPSA) is 71.1 Å². The van der Waals surface area contributed by atoms with E-state index >= 15 is 0 Å². The van der Waals surface area contributed by atoms with E-state index in [0.29, 0.717) is 12.2 Å². The van der Waals surface area contributed by atoms with Gasteiger partial charge in [-0.3, -0.25) is 0 Å². The number of thiazole rings is 1. The Kier molecular flexibility index (Phi) is 4.74. The van der Waals surface area contributed by atoms with Gasteiger partial charge in [0.1, 0.15) is 4.90 Å². The Labute approximate surface area is 123 Å². The van der Waals surface area contributed by atoms with Gasteiger partial charge < -0.3 is 5.32 Å². The summed E-state index contributed by atoms with van der Waals surface area (Å²) in [5.41, 5.74) is 3.19. The molecule has 0 aliphatic heterocycles. The molecule has 0 bridgehead atoms. The number of anilines is 1. The lowest BCUT2D eigenvalue weighted by atomic mass is 10.3. The third-order valence-corrected chi connectivity index (χ3v) is 5.21. The SMILES string of the molecule is CCNc1ccccc1S(=O)(=O)NCc1scnc1C. The molecule has 2 rings (SSSR count). The van der Waals surface area contributed by atoms with E-state index in [-0.39, 0.29) is 11.4 Å². The van der Waals surface area contributed by atoms with Crippen LogP contribution in [0.25, 0.3) is 0 Å². The largest absolute Gasteiger partial charge is 0.384 e. The molecule has 0 saturated carbocycles. The molecule has 1 aromatic carbocycles. The van der Waals surface area contributed by atoms with E-state index in [0.717, 1.165) is 10.6 Å². The number of aromatic nitrogens is 1. The molecule has 108 valence electrons. The summed E-state index contributed by atoms with van der Waals surface area (Å²) in [6.07, 6.45) is 0. The van der Waals surface area contributed by atoms with Crippen molar-refractivity contribution in [3.05, 3.63) is 40.3 Å². The van der Waals surface area contributed by atoms with Crippen molar-refractivity contribution in [3.63, 3.8) is 0 Å². The smallest absolute Gasteiger partial charge is 0.242 e.